The first-order valence-corrected chi connectivity index (χ1v) is 20.5. The molecule has 332 valence electrons. The zero-order chi connectivity index (χ0) is 44.7. The van der Waals surface area contributed by atoms with Crippen LogP contribution in [0, 0.1) is 0 Å². The number of aliphatic hydroxyl groups is 1. The number of carbonyl (C=O) groups is 4. The van der Waals surface area contributed by atoms with E-state index in [4.69, 9.17) is 0 Å². The zero-order valence-electron chi connectivity index (χ0n) is 38.5. The summed E-state index contributed by atoms with van der Waals surface area (Å²) < 4.78 is 0. The summed E-state index contributed by atoms with van der Waals surface area (Å²) >= 11 is 0. The molecule has 1 aliphatic rings. The van der Waals surface area contributed by atoms with Gasteiger partial charge < -0.3 is 30.6 Å². The Bertz CT molecular complexity index is 1760. The fourth-order valence-corrected chi connectivity index (χ4v) is 5.88. The van der Waals surface area contributed by atoms with Crippen molar-refractivity contribution >= 4 is 47.5 Å². The van der Waals surface area contributed by atoms with Crippen molar-refractivity contribution in [2.75, 3.05) is 0 Å². The number of Topliss-reactive ketones (excluding diaryl/α,β-unsaturated/α-hetero) is 2. The van der Waals surface area contributed by atoms with Crippen molar-refractivity contribution < 1.29 is 101 Å². The van der Waals surface area contributed by atoms with Crippen LogP contribution in [0.1, 0.15) is 175 Å². The van der Waals surface area contributed by atoms with Crippen molar-refractivity contribution in [3.05, 3.63) is 91.8 Å². The molecule has 60 heavy (non-hydrogen) atoms. The number of unbranched alkanes of at least 4 members (excludes halogenated alkanes) is 4. The summed E-state index contributed by atoms with van der Waals surface area (Å²) in [4.78, 5) is 48.1. The molecule has 0 atom stereocenters. The fraction of sp³-hybridized carbons (Fsp3) is 0.542. The van der Waals surface area contributed by atoms with E-state index in [9.17, 15) is 49.8 Å². The molecule has 0 radical (unpaired) electrons. The number of carbonyl (C=O) groups excluding carboxylic acids is 2. The summed E-state index contributed by atoms with van der Waals surface area (Å²) in [6.07, 6.45) is 17.8. The molecule has 10 nitrogen and oxygen atoms in total. The average Bonchev–Trinajstić information content (AvgIpc) is 3.09. The summed E-state index contributed by atoms with van der Waals surface area (Å²) in [7, 11) is 0. The maximum atomic E-state index is 12.4. The van der Waals surface area contributed by atoms with Crippen molar-refractivity contribution in [2.24, 2.45) is 0 Å². The predicted molar refractivity (Wildman–Crippen MR) is 247 cm³/mol. The van der Waals surface area contributed by atoms with Crippen LogP contribution in [-0.2, 0) is 27.2 Å². The molecule has 1 aromatic rings. The van der Waals surface area contributed by atoms with Crippen molar-refractivity contribution in [3.63, 3.8) is 0 Å². The van der Waals surface area contributed by atoms with E-state index in [0.29, 0.717) is 24.8 Å². The van der Waals surface area contributed by atoms with E-state index in [1.54, 1.807) is 26.8 Å². The molecule has 0 heterocycles. The number of ketones is 2. The number of rotatable bonds is 20. The van der Waals surface area contributed by atoms with Gasteiger partial charge in [0.05, 0.1) is 5.57 Å². The molecular formula is C48H72IKO10. The number of aliphatic hydroxyl groups excluding tert-OH is 1. The Morgan fingerprint density at radius 2 is 1.12 bits per heavy atom. The molecule has 1 aromatic carbocycles. The molecular weight excluding hydrogens is 903 g/mol. The van der Waals surface area contributed by atoms with Crippen LogP contribution < -0.4 is 56.5 Å². The summed E-state index contributed by atoms with van der Waals surface area (Å²) in [5.41, 5.74) is 3.99. The number of phenols is 2. The fourth-order valence-electron chi connectivity index (χ4n) is 5.88. The minimum atomic E-state index is -1.37. The van der Waals surface area contributed by atoms with Crippen molar-refractivity contribution in [1.29, 1.82) is 0 Å². The monoisotopic (exact) mass is 974 g/mol. The maximum Gasteiger partial charge on any atom is 1.00 e. The van der Waals surface area contributed by atoms with E-state index in [2.05, 4.69) is 32.9 Å². The number of carboxylic acid groups (broad SMARTS) is 2. The second-order valence-electron chi connectivity index (χ2n) is 16.4. The van der Waals surface area contributed by atoms with Crippen LogP contribution in [0.15, 0.2) is 75.1 Å². The number of hydrogen-bond acceptors (Lipinski definition) is 8. The van der Waals surface area contributed by atoms with Crippen LogP contribution >= 0.6 is 24.0 Å². The largest absolute Gasteiger partial charge is 1.00 e. The van der Waals surface area contributed by atoms with Crippen molar-refractivity contribution in [3.8, 4) is 11.5 Å². The molecule has 0 saturated heterocycles. The Kier molecular flexibility index (Phi) is 33.4. The molecule has 1 aliphatic carbocycles. The van der Waals surface area contributed by atoms with Gasteiger partial charge in [0.25, 0.3) is 0 Å². The first-order valence-electron chi connectivity index (χ1n) is 20.5. The number of aromatic carboxylic acids is 1. The van der Waals surface area contributed by atoms with Crippen LogP contribution in [0.5, 0.6) is 11.5 Å². The van der Waals surface area contributed by atoms with E-state index in [1.807, 2.05) is 40.7 Å². The average molecular weight is 975 g/mol. The SMILES string of the molecule is CC(C)(C)[O-].CCCCCC1=C(C(=O)O)C(O)=C(C/C=C(\C)CCC=C(C)C)C(=O)C1=O.CCCCCc1cc(O)c(C/C=C(\C)CCC=C(C)C)c(O)c1C(=O)O.I.[K+]. The van der Waals surface area contributed by atoms with Gasteiger partial charge in [-0.3, -0.25) is 9.59 Å². The van der Waals surface area contributed by atoms with Gasteiger partial charge in [0, 0.05) is 11.1 Å². The third-order valence-corrected chi connectivity index (χ3v) is 9.04. The van der Waals surface area contributed by atoms with Gasteiger partial charge in [0.2, 0.25) is 11.6 Å². The molecule has 0 fully saturated rings. The molecule has 12 heteroatoms. The summed E-state index contributed by atoms with van der Waals surface area (Å²) in [6, 6.07) is 1.50. The molecule has 0 saturated carbocycles. The summed E-state index contributed by atoms with van der Waals surface area (Å²) in [5.74, 6) is -5.03. The quantitative estimate of drug-likeness (QED) is 0.0211. The molecule has 0 unspecified atom stereocenters. The number of aliphatic carboxylic acids is 1. The number of hydrogen-bond donors (Lipinski definition) is 5. The number of allylic oxidation sites excluding steroid dienone is 10. The Morgan fingerprint density at radius 3 is 1.53 bits per heavy atom. The van der Waals surface area contributed by atoms with Gasteiger partial charge in [-0.1, -0.05) is 107 Å². The normalized spacial score (nSPS) is 12.9. The zero-order valence-corrected chi connectivity index (χ0v) is 43.9. The van der Waals surface area contributed by atoms with Crippen molar-refractivity contribution in [1.82, 2.24) is 0 Å². The third kappa shape index (κ3) is 24.9. The molecule has 0 aliphatic heterocycles. The Morgan fingerprint density at radius 1 is 0.683 bits per heavy atom. The summed E-state index contributed by atoms with van der Waals surface area (Å²) in [6.45, 7) is 21.0. The predicted octanol–water partition coefficient (Wildman–Crippen LogP) is 8.53. The Labute approximate surface area is 419 Å². The topological polar surface area (TPSA) is 192 Å². The van der Waals surface area contributed by atoms with E-state index >= 15 is 0 Å². The molecule has 0 spiro atoms. The van der Waals surface area contributed by atoms with Crippen LogP contribution in [0.4, 0.5) is 0 Å². The van der Waals surface area contributed by atoms with Gasteiger partial charge in [-0.2, -0.15) is 0 Å². The number of carboxylic acids is 2. The smallest absolute Gasteiger partial charge is 0.850 e. The third-order valence-electron chi connectivity index (χ3n) is 9.04. The van der Waals surface area contributed by atoms with Crippen LogP contribution in [-0.4, -0.2) is 54.6 Å². The summed E-state index contributed by atoms with van der Waals surface area (Å²) in [5, 5.41) is 60.2. The second kappa shape index (κ2) is 32.4. The van der Waals surface area contributed by atoms with Crippen LogP contribution in [0.25, 0.3) is 0 Å². The second-order valence-corrected chi connectivity index (χ2v) is 16.4. The van der Waals surface area contributed by atoms with Gasteiger partial charge >= 0.3 is 63.3 Å². The first-order chi connectivity index (χ1) is 27.0. The first kappa shape index (κ1) is 62.0. The van der Waals surface area contributed by atoms with E-state index in [0.717, 1.165) is 68.9 Å². The molecule has 0 amide bonds. The van der Waals surface area contributed by atoms with Gasteiger partial charge in [-0.15, -0.1) is 29.6 Å². The molecule has 0 aromatic heterocycles. The number of phenolic OH excluding ortho intramolecular Hbond substituents is 1. The van der Waals surface area contributed by atoms with Crippen LogP contribution in [0.2, 0.25) is 0 Å². The van der Waals surface area contributed by atoms with Gasteiger partial charge in [-0.25, -0.2) is 9.59 Å². The number of aryl methyl sites for hydroxylation is 1. The van der Waals surface area contributed by atoms with Crippen molar-refractivity contribution in [2.45, 2.75) is 172 Å². The van der Waals surface area contributed by atoms with Crippen LogP contribution in [0.3, 0.4) is 0 Å². The van der Waals surface area contributed by atoms with Gasteiger partial charge in [-0.05, 0) is 117 Å². The van der Waals surface area contributed by atoms with E-state index in [-0.39, 0.29) is 122 Å². The number of aromatic hydroxyl groups is 2. The Balaban J connectivity index is -0.000000944. The Hall–Kier alpha value is -2.33. The van der Waals surface area contributed by atoms with Gasteiger partial charge in [0.15, 0.2) is 0 Å². The molecule has 5 N–H and O–H groups in total. The number of benzene rings is 1. The maximum absolute atomic E-state index is 12.4. The number of halogens is 1. The standard InChI is InChI=1S/C22H30O5.C22H32O4.C4H9O.HI.K/c1-5-6-7-11-16-18(22(26)27)19(23)17(21(25)20(16)24)13-12-15(4)10-8-9-14(2)3;1-5-6-7-11-17-14-19(23)18(21(24)20(17)22(25)26)13-12-16(4)10-8-9-15(2)3;1-4(2,3)5;;/h9,12,23H,5-8,10-11,13H2,1-4H3,(H,26,27);9,12,14,23-24H,5-8,10-11,13H2,1-4H3,(H,25,26);1-3H3;1H;/q;;-1;;+1/b15-12+;16-12+;;;. The molecule has 2 rings (SSSR count). The van der Waals surface area contributed by atoms with E-state index < -0.39 is 40.4 Å². The van der Waals surface area contributed by atoms with Gasteiger partial charge in [0.1, 0.15) is 28.4 Å². The van der Waals surface area contributed by atoms with E-state index in [1.165, 1.54) is 17.2 Å². The minimum Gasteiger partial charge on any atom is -0.850 e. The minimum absolute atomic E-state index is 0. The molecule has 0 bridgehead atoms.